The molecule has 0 aliphatic carbocycles. The number of likely N-dealkylation sites (tertiary alicyclic amines) is 1. The van der Waals surface area contributed by atoms with Gasteiger partial charge in [0.2, 0.25) is 0 Å². The minimum Gasteiger partial charge on any atom is -0.374 e. The Morgan fingerprint density at radius 1 is 0.933 bits per heavy atom. The minimum atomic E-state index is 0.240. The fourth-order valence-corrected chi connectivity index (χ4v) is 3.65. The van der Waals surface area contributed by atoms with Gasteiger partial charge < -0.3 is 15.4 Å². The quantitative estimate of drug-likeness (QED) is 0.485. The number of ether oxygens (including phenoxy) is 1. The molecule has 1 aliphatic rings. The molecule has 30 heavy (non-hydrogen) atoms. The third kappa shape index (κ3) is 7.47. The van der Waals surface area contributed by atoms with E-state index in [0.717, 1.165) is 25.6 Å². The Bertz CT molecular complexity index is 795. The number of rotatable bonds is 9. The van der Waals surface area contributed by atoms with Crippen LogP contribution in [0.25, 0.3) is 0 Å². The zero-order valence-corrected chi connectivity index (χ0v) is 18.7. The minimum absolute atomic E-state index is 0.240. The van der Waals surface area contributed by atoms with Crippen LogP contribution in [0.15, 0.2) is 53.5 Å². The van der Waals surface area contributed by atoms with Gasteiger partial charge in [0.05, 0.1) is 12.7 Å². The SMILES string of the molecule is CN=C(NCc1ccc(CN2CCCC2)cc1)NCc1cccc(COC(C)C)c1. The van der Waals surface area contributed by atoms with Gasteiger partial charge in [0.1, 0.15) is 0 Å². The molecule has 0 atom stereocenters. The summed E-state index contributed by atoms with van der Waals surface area (Å²) in [5.41, 5.74) is 5.06. The van der Waals surface area contributed by atoms with Crippen molar-refractivity contribution in [2.75, 3.05) is 20.1 Å². The van der Waals surface area contributed by atoms with Gasteiger partial charge in [-0.15, -0.1) is 0 Å². The third-order valence-electron chi connectivity index (χ3n) is 5.35. The fourth-order valence-electron chi connectivity index (χ4n) is 3.65. The number of benzene rings is 2. The largest absolute Gasteiger partial charge is 0.374 e. The molecular weight excluding hydrogens is 372 g/mol. The van der Waals surface area contributed by atoms with E-state index in [4.69, 9.17) is 4.74 Å². The molecule has 2 aromatic carbocycles. The van der Waals surface area contributed by atoms with Crippen molar-refractivity contribution in [2.24, 2.45) is 4.99 Å². The van der Waals surface area contributed by atoms with E-state index in [1.165, 1.54) is 48.2 Å². The number of aliphatic imine (C=N–C) groups is 1. The van der Waals surface area contributed by atoms with E-state index in [1.807, 2.05) is 0 Å². The van der Waals surface area contributed by atoms with Crippen LogP contribution in [0.2, 0.25) is 0 Å². The summed E-state index contributed by atoms with van der Waals surface area (Å²) in [7, 11) is 1.81. The highest BCUT2D eigenvalue weighted by atomic mass is 16.5. The maximum absolute atomic E-state index is 5.70. The first-order chi connectivity index (χ1) is 14.6. The Morgan fingerprint density at radius 3 is 2.23 bits per heavy atom. The molecule has 0 unspecified atom stereocenters. The number of nitrogens with zero attached hydrogens (tertiary/aromatic N) is 2. The van der Waals surface area contributed by atoms with Gasteiger partial charge in [-0.3, -0.25) is 9.89 Å². The predicted molar refractivity (Wildman–Crippen MR) is 124 cm³/mol. The summed E-state index contributed by atoms with van der Waals surface area (Å²) in [4.78, 5) is 6.88. The topological polar surface area (TPSA) is 48.9 Å². The summed E-state index contributed by atoms with van der Waals surface area (Å²) in [6.45, 7) is 9.78. The van der Waals surface area contributed by atoms with Crippen LogP contribution < -0.4 is 10.6 Å². The van der Waals surface area contributed by atoms with Crippen LogP contribution in [0.5, 0.6) is 0 Å². The van der Waals surface area contributed by atoms with E-state index in [1.54, 1.807) is 7.05 Å². The molecule has 162 valence electrons. The van der Waals surface area contributed by atoms with Gasteiger partial charge in [0.25, 0.3) is 0 Å². The average Bonchev–Trinajstić information content (AvgIpc) is 3.27. The number of hydrogen-bond donors (Lipinski definition) is 2. The Labute approximate surface area is 181 Å². The Balaban J connectivity index is 1.44. The first kappa shape index (κ1) is 22.3. The van der Waals surface area contributed by atoms with Gasteiger partial charge in [-0.1, -0.05) is 48.5 Å². The van der Waals surface area contributed by atoms with Gasteiger partial charge in [-0.05, 0) is 62.0 Å². The molecule has 5 nitrogen and oxygen atoms in total. The fraction of sp³-hybridized carbons (Fsp3) is 0.480. The van der Waals surface area contributed by atoms with Crippen LogP contribution in [0.3, 0.4) is 0 Å². The van der Waals surface area contributed by atoms with Crippen molar-refractivity contribution in [3.05, 3.63) is 70.8 Å². The van der Waals surface area contributed by atoms with Gasteiger partial charge >= 0.3 is 0 Å². The molecule has 0 bridgehead atoms. The second kappa shape index (κ2) is 11.7. The summed E-state index contributed by atoms with van der Waals surface area (Å²) in [5, 5.41) is 6.81. The predicted octanol–water partition coefficient (Wildman–Crippen LogP) is 4.07. The van der Waals surface area contributed by atoms with Crippen LogP contribution in [0.4, 0.5) is 0 Å². The molecule has 2 N–H and O–H groups in total. The molecule has 0 saturated carbocycles. The molecule has 1 saturated heterocycles. The lowest BCUT2D eigenvalue weighted by Crippen LogP contribution is -2.36. The highest BCUT2D eigenvalue weighted by Gasteiger charge is 2.11. The zero-order chi connectivity index (χ0) is 21.2. The van der Waals surface area contributed by atoms with E-state index < -0.39 is 0 Å². The molecule has 3 rings (SSSR count). The smallest absolute Gasteiger partial charge is 0.191 e. The lowest BCUT2D eigenvalue weighted by atomic mass is 10.1. The van der Waals surface area contributed by atoms with Gasteiger partial charge in [0.15, 0.2) is 5.96 Å². The van der Waals surface area contributed by atoms with Crippen molar-refractivity contribution in [3.8, 4) is 0 Å². The lowest BCUT2D eigenvalue weighted by Gasteiger charge is -2.15. The van der Waals surface area contributed by atoms with Crippen LogP contribution in [-0.2, 0) is 31.0 Å². The average molecular weight is 409 g/mol. The van der Waals surface area contributed by atoms with Crippen molar-refractivity contribution in [1.82, 2.24) is 15.5 Å². The van der Waals surface area contributed by atoms with E-state index in [0.29, 0.717) is 6.61 Å². The standard InChI is InChI=1S/C25H36N4O/c1-20(2)30-19-24-8-6-7-23(15-24)17-28-25(26-3)27-16-21-9-11-22(12-10-21)18-29-13-4-5-14-29/h6-12,15,20H,4-5,13-14,16-19H2,1-3H3,(H2,26,27,28). The Hall–Kier alpha value is -2.37. The van der Waals surface area contributed by atoms with Gasteiger partial charge in [-0.2, -0.15) is 0 Å². The van der Waals surface area contributed by atoms with Gasteiger partial charge in [-0.25, -0.2) is 0 Å². The summed E-state index contributed by atoms with van der Waals surface area (Å²) in [5.74, 6) is 0.806. The molecule has 1 aliphatic heterocycles. The van der Waals surface area contributed by atoms with Gasteiger partial charge in [0, 0.05) is 26.7 Å². The lowest BCUT2D eigenvalue weighted by molar-refractivity contribution is 0.0657. The summed E-state index contributed by atoms with van der Waals surface area (Å²) < 4.78 is 5.70. The van der Waals surface area contributed by atoms with Crippen molar-refractivity contribution in [3.63, 3.8) is 0 Å². The Kier molecular flexibility index (Phi) is 8.72. The maximum Gasteiger partial charge on any atom is 0.191 e. The highest BCUT2D eigenvalue weighted by molar-refractivity contribution is 5.79. The molecule has 0 radical (unpaired) electrons. The Morgan fingerprint density at radius 2 is 1.57 bits per heavy atom. The second-order valence-electron chi connectivity index (χ2n) is 8.26. The molecular formula is C25H36N4O. The molecule has 0 aromatic heterocycles. The number of hydrogen-bond acceptors (Lipinski definition) is 3. The van der Waals surface area contributed by atoms with Crippen molar-refractivity contribution in [2.45, 2.75) is 59.0 Å². The van der Waals surface area contributed by atoms with E-state index >= 15 is 0 Å². The van der Waals surface area contributed by atoms with Crippen molar-refractivity contribution in [1.29, 1.82) is 0 Å². The molecule has 5 heteroatoms. The van der Waals surface area contributed by atoms with Crippen LogP contribution in [0, 0.1) is 0 Å². The van der Waals surface area contributed by atoms with Crippen molar-refractivity contribution < 1.29 is 4.74 Å². The molecule has 0 spiro atoms. The van der Waals surface area contributed by atoms with E-state index in [-0.39, 0.29) is 6.10 Å². The first-order valence-electron chi connectivity index (χ1n) is 11.1. The first-order valence-corrected chi connectivity index (χ1v) is 11.1. The second-order valence-corrected chi connectivity index (χ2v) is 8.26. The number of guanidine groups is 1. The molecule has 2 aromatic rings. The number of nitrogens with one attached hydrogen (secondary N) is 2. The third-order valence-corrected chi connectivity index (χ3v) is 5.35. The van der Waals surface area contributed by atoms with E-state index in [2.05, 4.69) is 82.9 Å². The van der Waals surface area contributed by atoms with Crippen LogP contribution >= 0.6 is 0 Å². The summed E-state index contributed by atoms with van der Waals surface area (Å²) in [6, 6.07) is 17.4. The summed E-state index contributed by atoms with van der Waals surface area (Å²) >= 11 is 0. The van der Waals surface area contributed by atoms with Crippen LogP contribution in [0.1, 0.15) is 48.9 Å². The normalized spacial score (nSPS) is 15.0. The molecule has 1 fully saturated rings. The molecule has 0 amide bonds. The van der Waals surface area contributed by atoms with Crippen molar-refractivity contribution >= 4 is 5.96 Å². The zero-order valence-electron chi connectivity index (χ0n) is 18.7. The molecule has 1 heterocycles. The highest BCUT2D eigenvalue weighted by Crippen LogP contribution is 2.13. The maximum atomic E-state index is 5.70. The monoisotopic (exact) mass is 408 g/mol. The summed E-state index contributed by atoms with van der Waals surface area (Å²) in [6.07, 6.45) is 2.91. The van der Waals surface area contributed by atoms with E-state index in [9.17, 15) is 0 Å². The van der Waals surface area contributed by atoms with Crippen LogP contribution in [-0.4, -0.2) is 37.1 Å².